The molecule has 1 aliphatic carbocycles. The number of carbonyl (C=O) groups excluding carboxylic acids is 1. The van der Waals surface area contributed by atoms with E-state index in [2.05, 4.69) is 12.2 Å². The molecule has 1 aromatic carbocycles. The summed E-state index contributed by atoms with van der Waals surface area (Å²) >= 11 is 0. The summed E-state index contributed by atoms with van der Waals surface area (Å²) in [7, 11) is 0. The molecule has 102 valence electrons. The van der Waals surface area contributed by atoms with Gasteiger partial charge in [-0.2, -0.15) is 0 Å². The summed E-state index contributed by atoms with van der Waals surface area (Å²) in [5, 5.41) is 11.5. The molecule has 4 heteroatoms. The number of rotatable bonds is 6. The second kappa shape index (κ2) is 5.87. The molecule has 0 radical (unpaired) electrons. The maximum absolute atomic E-state index is 11.8. The van der Waals surface area contributed by atoms with Crippen molar-refractivity contribution < 1.29 is 14.7 Å². The Labute approximate surface area is 112 Å². The molecule has 1 fully saturated rings. The molecular formula is C15H19NO3. The number of aryl methyl sites for hydroxylation is 1. The van der Waals surface area contributed by atoms with E-state index in [-0.39, 0.29) is 11.8 Å². The van der Waals surface area contributed by atoms with Crippen molar-refractivity contribution in [3.63, 3.8) is 0 Å². The molecule has 0 aromatic heterocycles. The Morgan fingerprint density at radius 1 is 1.26 bits per heavy atom. The van der Waals surface area contributed by atoms with Crippen molar-refractivity contribution in [1.29, 1.82) is 0 Å². The summed E-state index contributed by atoms with van der Waals surface area (Å²) in [6, 6.07) is 7.77. The number of carboxylic acids is 1. The van der Waals surface area contributed by atoms with E-state index in [0.717, 1.165) is 24.9 Å². The molecular weight excluding hydrogens is 242 g/mol. The fraction of sp³-hybridized carbons (Fsp3) is 0.467. The lowest BCUT2D eigenvalue weighted by atomic mass is 10.1. The highest BCUT2D eigenvalue weighted by atomic mass is 16.4. The number of benzene rings is 1. The van der Waals surface area contributed by atoms with Crippen LogP contribution in [0.1, 0.15) is 31.7 Å². The van der Waals surface area contributed by atoms with Crippen molar-refractivity contribution in [3.05, 3.63) is 29.8 Å². The van der Waals surface area contributed by atoms with Gasteiger partial charge in [-0.25, -0.2) is 0 Å². The minimum absolute atomic E-state index is 0.186. The van der Waals surface area contributed by atoms with E-state index in [4.69, 9.17) is 5.11 Å². The second-order valence-corrected chi connectivity index (χ2v) is 5.08. The predicted octanol–water partition coefficient (Wildman–Crippen LogP) is 2.69. The molecule has 0 spiro atoms. The molecule has 2 rings (SSSR count). The Bertz CT molecular complexity index is 467. The monoisotopic (exact) mass is 261 g/mol. The van der Waals surface area contributed by atoms with E-state index in [1.54, 1.807) is 0 Å². The van der Waals surface area contributed by atoms with Gasteiger partial charge in [0, 0.05) is 5.69 Å². The van der Waals surface area contributed by atoms with Crippen LogP contribution >= 0.6 is 0 Å². The number of hydrogen-bond donors (Lipinski definition) is 2. The van der Waals surface area contributed by atoms with E-state index >= 15 is 0 Å². The Hall–Kier alpha value is -1.84. The molecule has 2 atom stereocenters. The minimum Gasteiger partial charge on any atom is -0.481 e. The third-order valence-electron chi connectivity index (χ3n) is 3.48. The maximum atomic E-state index is 11.8. The van der Waals surface area contributed by atoms with Gasteiger partial charge in [0.1, 0.15) is 0 Å². The predicted molar refractivity (Wildman–Crippen MR) is 72.9 cm³/mol. The zero-order valence-corrected chi connectivity index (χ0v) is 11.1. The Kier molecular flexibility index (Phi) is 4.20. The highest BCUT2D eigenvalue weighted by Gasteiger charge is 2.48. The van der Waals surface area contributed by atoms with E-state index in [9.17, 15) is 9.59 Å². The van der Waals surface area contributed by atoms with Gasteiger partial charge in [-0.1, -0.05) is 25.5 Å². The van der Waals surface area contributed by atoms with Crippen LogP contribution in [0, 0.1) is 11.8 Å². The number of unbranched alkanes of at least 4 members (excludes halogenated alkanes) is 1. The highest BCUT2D eigenvalue weighted by molar-refractivity contribution is 5.98. The Morgan fingerprint density at radius 2 is 1.95 bits per heavy atom. The molecule has 1 aliphatic rings. The number of anilines is 1. The SMILES string of the molecule is CCCCc1ccc(NC(=O)C2CC2C(=O)O)cc1. The molecule has 4 nitrogen and oxygen atoms in total. The summed E-state index contributed by atoms with van der Waals surface area (Å²) in [5.74, 6) is -1.93. The first kappa shape index (κ1) is 13.6. The lowest BCUT2D eigenvalue weighted by Gasteiger charge is -2.06. The van der Waals surface area contributed by atoms with Crippen LogP contribution in [0.3, 0.4) is 0 Å². The van der Waals surface area contributed by atoms with Gasteiger partial charge in [-0.3, -0.25) is 9.59 Å². The summed E-state index contributed by atoms with van der Waals surface area (Å²) in [4.78, 5) is 22.5. The van der Waals surface area contributed by atoms with Crippen LogP contribution in [0.25, 0.3) is 0 Å². The van der Waals surface area contributed by atoms with Gasteiger partial charge in [0.15, 0.2) is 0 Å². The molecule has 1 aromatic rings. The smallest absolute Gasteiger partial charge is 0.307 e. The molecule has 2 unspecified atom stereocenters. The van der Waals surface area contributed by atoms with Gasteiger partial charge in [0.05, 0.1) is 11.8 Å². The van der Waals surface area contributed by atoms with Gasteiger partial charge in [-0.05, 0) is 37.0 Å². The van der Waals surface area contributed by atoms with Crippen molar-refractivity contribution >= 4 is 17.6 Å². The van der Waals surface area contributed by atoms with Crippen LogP contribution in [-0.2, 0) is 16.0 Å². The third kappa shape index (κ3) is 3.56. The van der Waals surface area contributed by atoms with Crippen molar-refractivity contribution in [2.75, 3.05) is 5.32 Å². The number of amides is 1. The molecule has 0 aliphatic heterocycles. The fourth-order valence-electron chi connectivity index (χ4n) is 2.13. The molecule has 2 N–H and O–H groups in total. The zero-order valence-electron chi connectivity index (χ0n) is 11.1. The first-order valence-corrected chi connectivity index (χ1v) is 6.74. The van der Waals surface area contributed by atoms with Crippen LogP contribution in [-0.4, -0.2) is 17.0 Å². The zero-order chi connectivity index (χ0) is 13.8. The summed E-state index contributed by atoms with van der Waals surface area (Å²) in [6.07, 6.45) is 3.83. The van der Waals surface area contributed by atoms with Crippen LogP contribution in [0.5, 0.6) is 0 Å². The first-order chi connectivity index (χ1) is 9.11. The van der Waals surface area contributed by atoms with Crippen LogP contribution in [0.15, 0.2) is 24.3 Å². The van der Waals surface area contributed by atoms with E-state index in [0.29, 0.717) is 6.42 Å². The number of carbonyl (C=O) groups is 2. The van der Waals surface area contributed by atoms with Crippen molar-refractivity contribution in [1.82, 2.24) is 0 Å². The van der Waals surface area contributed by atoms with Gasteiger partial charge in [-0.15, -0.1) is 0 Å². The Balaban J connectivity index is 1.86. The topological polar surface area (TPSA) is 66.4 Å². The maximum Gasteiger partial charge on any atom is 0.307 e. The van der Waals surface area contributed by atoms with Gasteiger partial charge in [0.2, 0.25) is 5.91 Å². The summed E-state index contributed by atoms with van der Waals surface area (Å²) in [5.41, 5.74) is 2.00. The highest BCUT2D eigenvalue weighted by Crippen LogP contribution is 2.39. The molecule has 0 heterocycles. The fourth-order valence-corrected chi connectivity index (χ4v) is 2.13. The quantitative estimate of drug-likeness (QED) is 0.827. The van der Waals surface area contributed by atoms with E-state index < -0.39 is 11.9 Å². The standard InChI is InChI=1S/C15H19NO3/c1-2-3-4-10-5-7-11(8-6-10)16-14(17)12-9-13(12)15(18)19/h5-8,12-13H,2-4,9H2,1H3,(H,16,17)(H,18,19). The number of carboxylic acid groups (broad SMARTS) is 1. The lowest BCUT2D eigenvalue weighted by molar-refractivity contribution is -0.139. The lowest BCUT2D eigenvalue weighted by Crippen LogP contribution is -2.16. The first-order valence-electron chi connectivity index (χ1n) is 6.74. The molecule has 0 saturated heterocycles. The summed E-state index contributed by atoms with van der Waals surface area (Å²) < 4.78 is 0. The largest absolute Gasteiger partial charge is 0.481 e. The second-order valence-electron chi connectivity index (χ2n) is 5.08. The molecule has 1 saturated carbocycles. The van der Waals surface area contributed by atoms with E-state index in [1.165, 1.54) is 5.56 Å². The van der Waals surface area contributed by atoms with Crippen molar-refractivity contribution in [2.45, 2.75) is 32.6 Å². The number of nitrogens with one attached hydrogen (secondary N) is 1. The van der Waals surface area contributed by atoms with Crippen molar-refractivity contribution in [2.24, 2.45) is 11.8 Å². The molecule has 1 amide bonds. The van der Waals surface area contributed by atoms with E-state index in [1.807, 2.05) is 24.3 Å². The minimum atomic E-state index is -0.880. The average Bonchev–Trinajstić information content (AvgIpc) is 3.18. The van der Waals surface area contributed by atoms with Gasteiger partial charge in [0.25, 0.3) is 0 Å². The average molecular weight is 261 g/mol. The molecule has 19 heavy (non-hydrogen) atoms. The molecule has 0 bridgehead atoms. The van der Waals surface area contributed by atoms with Crippen LogP contribution in [0.2, 0.25) is 0 Å². The Morgan fingerprint density at radius 3 is 2.47 bits per heavy atom. The normalized spacial score (nSPS) is 20.9. The van der Waals surface area contributed by atoms with Gasteiger partial charge < -0.3 is 10.4 Å². The third-order valence-corrected chi connectivity index (χ3v) is 3.48. The van der Waals surface area contributed by atoms with Crippen LogP contribution < -0.4 is 5.32 Å². The van der Waals surface area contributed by atoms with Crippen LogP contribution in [0.4, 0.5) is 5.69 Å². The van der Waals surface area contributed by atoms with Gasteiger partial charge >= 0.3 is 5.97 Å². The number of hydrogen-bond acceptors (Lipinski definition) is 2. The van der Waals surface area contributed by atoms with Crippen molar-refractivity contribution in [3.8, 4) is 0 Å². The number of aliphatic carboxylic acids is 1. The summed E-state index contributed by atoms with van der Waals surface area (Å²) in [6.45, 7) is 2.16.